The molecular weight excluding hydrogens is 256 g/mol. The van der Waals surface area contributed by atoms with Crippen LogP contribution in [0.5, 0.6) is 0 Å². The minimum atomic E-state index is 1.15. The summed E-state index contributed by atoms with van der Waals surface area (Å²) in [4.78, 5) is 0. The molecule has 0 saturated carbocycles. The van der Waals surface area contributed by atoms with Crippen molar-refractivity contribution in [1.29, 1.82) is 0 Å². The highest BCUT2D eigenvalue weighted by atomic mass is 15.4. The zero-order valence-corrected chi connectivity index (χ0v) is 14.4. The van der Waals surface area contributed by atoms with Gasteiger partial charge >= 0.3 is 0 Å². The zero-order valence-electron chi connectivity index (χ0n) is 14.4. The number of nitrogens with zero attached hydrogens (tertiary/aromatic N) is 1. The summed E-state index contributed by atoms with van der Waals surface area (Å²) >= 11 is 0. The second kappa shape index (κ2) is 5.53. The number of hydrogen-bond acceptors (Lipinski definition) is 1. The van der Waals surface area contributed by atoms with Crippen LogP contribution < -0.4 is 10.9 Å². The molecule has 0 heterocycles. The molecule has 0 atom stereocenters. The fraction of sp³-hybridized carbons (Fsp3) is 0.368. The van der Waals surface area contributed by atoms with Crippen LogP contribution in [0.1, 0.15) is 38.9 Å². The van der Waals surface area contributed by atoms with Gasteiger partial charge in [0.1, 0.15) is 0 Å². The van der Waals surface area contributed by atoms with Gasteiger partial charge in [0.05, 0.1) is 11.4 Å². The van der Waals surface area contributed by atoms with Gasteiger partial charge in [0.15, 0.2) is 0 Å². The van der Waals surface area contributed by atoms with Crippen molar-refractivity contribution in [3.8, 4) is 0 Å². The number of benzene rings is 2. The monoisotopic (exact) mass is 283 g/mol. The number of rotatable bonds is 2. The average molecular weight is 283 g/mol. The van der Waals surface area contributed by atoms with Gasteiger partial charge in [-0.15, -0.1) is 0 Å². The highest BCUT2D eigenvalue weighted by Crippen LogP contribution is 2.31. The Morgan fingerprint density at radius 1 is 0.619 bits per heavy atom. The summed E-state index contributed by atoms with van der Waals surface area (Å²) in [5.74, 6) is 4.30. The van der Waals surface area contributed by atoms with Crippen molar-refractivity contribution < 1.29 is 5.84 Å². The van der Waals surface area contributed by atoms with Crippen LogP contribution >= 0.6 is 0 Å². The van der Waals surface area contributed by atoms with E-state index in [-0.39, 0.29) is 0 Å². The maximum Gasteiger partial charge on any atom is 0.0973 e. The Labute approximate surface area is 128 Å². The molecule has 0 aliphatic rings. The van der Waals surface area contributed by atoms with E-state index >= 15 is 0 Å². The van der Waals surface area contributed by atoms with Gasteiger partial charge < -0.3 is 0 Å². The predicted molar refractivity (Wildman–Crippen MR) is 91.1 cm³/mol. The van der Waals surface area contributed by atoms with Crippen molar-refractivity contribution in [2.75, 3.05) is 5.01 Å². The first-order chi connectivity index (χ1) is 9.73. The SMILES string of the molecule is Cc1cc(N([NH3+])c2cc(C)c(C)c(C)c2C)cc(C)c1C. The molecule has 3 N–H and O–H groups in total. The van der Waals surface area contributed by atoms with Crippen molar-refractivity contribution in [1.82, 2.24) is 0 Å². The lowest BCUT2D eigenvalue weighted by molar-refractivity contribution is -0.371. The number of quaternary nitrogens is 1. The molecule has 0 radical (unpaired) electrons. The van der Waals surface area contributed by atoms with Gasteiger partial charge in [0, 0.05) is 0 Å². The summed E-state index contributed by atoms with van der Waals surface area (Å²) in [5.41, 5.74) is 11.7. The Hall–Kier alpha value is -1.80. The fourth-order valence-corrected chi connectivity index (χ4v) is 2.78. The average Bonchev–Trinajstić information content (AvgIpc) is 2.45. The third-order valence-corrected chi connectivity index (χ3v) is 4.97. The van der Waals surface area contributed by atoms with E-state index in [9.17, 15) is 0 Å². The molecule has 0 unspecified atom stereocenters. The summed E-state index contributed by atoms with van der Waals surface area (Å²) in [6.45, 7) is 15.2. The van der Waals surface area contributed by atoms with Crippen LogP contribution in [0, 0.1) is 48.5 Å². The van der Waals surface area contributed by atoms with Gasteiger partial charge in [-0.1, -0.05) is 0 Å². The van der Waals surface area contributed by atoms with Crippen LogP contribution in [0.15, 0.2) is 18.2 Å². The molecule has 0 bridgehead atoms. The molecule has 112 valence electrons. The normalized spacial score (nSPS) is 10.9. The maximum atomic E-state index is 4.30. The van der Waals surface area contributed by atoms with Gasteiger partial charge in [-0.3, -0.25) is 5.84 Å². The predicted octanol–water partition coefficient (Wildman–Crippen LogP) is 4.14. The lowest BCUT2D eigenvalue weighted by atomic mass is 9.97. The van der Waals surface area contributed by atoms with Crippen LogP contribution in [0.4, 0.5) is 11.4 Å². The Morgan fingerprint density at radius 3 is 1.62 bits per heavy atom. The molecule has 2 nitrogen and oxygen atoms in total. The summed E-state index contributed by atoms with van der Waals surface area (Å²) in [6, 6.07) is 6.69. The van der Waals surface area contributed by atoms with Crippen LogP contribution in [0.3, 0.4) is 0 Å². The van der Waals surface area contributed by atoms with Gasteiger partial charge in [-0.25, -0.2) is 0 Å². The third-order valence-electron chi connectivity index (χ3n) is 4.97. The molecular formula is C19H27N2+. The van der Waals surface area contributed by atoms with E-state index in [1.807, 2.05) is 0 Å². The first kappa shape index (κ1) is 15.6. The second-order valence-corrected chi connectivity index (χ2v) is 6.22. The Morgan fingerprint density at radius 2 is 1.10 bits per heavy atom. The van der Waals surface area contributed by atoms with E-state index in [2.05, 4.69) is 77.5 Å². The standard InChI is InChI=1S/C19H26N2/c1-11-8-18(9-12(2)14(11)4)21(20)19-10-13(3)15(5)16(6)17(19)7/h8-10H,20H2,1-7H3/p+1. The molecule has 0 aliphatic heterocycles. The van der Waals surface area contributed by atoms with Gasteiger partial charge in [-0.2, -0.15) is 5.01 Å². The van der Waals surface area contributed by atoms with Gasteiger partial charge in [-0.05, 0) is 106 Å². The van der Waals surface area contributed by atoms with Crippen LogP contribution in [0.2, 0.25) is 0 Å². The minimum Gasteiger partial charge on any atom is -0.250 e. The molecule has 0 saturated heterocycles. The maximum absolute atomic E-state index is 4.30. The first-order valence-corrected chi connectivity index (χ1v) is 7.50. The second-order valence-electron chi connectivity index (χ2n) is 6.22. The minimum absolute atomic E-state index is 1.15. The van der Waals surface area contributed by atoms with Crippen molar-refractivity contribution >= 4 is 11.4 Å². The van der Waals surface area contributed by atoms with Crippen molar-refractivity contribution in [2.45, 2.75) is 48.5 Å². The molecule has 0 amide bonds. The Kier molecular flexibility index (Phi) is 4.11. The quantitative estimate of drug-likeness (QED) is 0.825. The molecule has 2 aromatic carbocycles. The molecule has 0 spiro atoms. The van der Waals surface area contributed by atoms with Gasteiger partial charge in [0.25, 0.3) is 0 Å². The highest BCUT2D eigenvalue weighted by molar-refractivity contribution is 5.68. The van der Waals surface area contributed by atoms with Crippen molar-refractivity contribution in [3.63, 3.8) is 0 Å². The molecule has 0 fully saturated rings. The molecule has 2 heteroatoms. The summed E-state index contributed by atoms with van der Waals surface area (Å²) in [7, 11) is 0. The highest BCUT2D eigenvalue weighted by Gasteiger charge is 2.16. The summed E-state index contributed by atoms with van der Waals surface area (Å²) < 4.78 is 0. The number of anilines is 2. The first-order valence-electron chi connectivity index (χ1n) is 7.50. The van der Waals surface area contributed by atoms with E-state index in [4.69, 9.17) is 0 Å². The number of hydrogen-bond donors (Lipinski definition) is 1. The third kappa shape index (κ3) is 2.68. The molecule has 0 aromatic heterocycles. The van der Waals surface area contributed by atoms with Gasteiger partial charge in [0.2, 0.25) is 0 Å². The fourth-order valence-electron chi connectivity index (χ4n) is 2.78. The van der Waals surface area contributed by atoms with E-state index in [0.717, 1.165) is 5.69 Å². The summed E-state index contributed by atoms with van der Waals surface area (Å²) in [6.07, 6.45) is 0. The van der Waals surface area contributed by atoms with Crippen molar-refractivity contribution in [2.24, 2.45) is 0 Å². The topological polar surface area (TPSA) is 30.9 Å². The number of aryl methyl sites for hydroxylation is 3. The summed E-state index contributed by atoms with van der Waals surface area (Å²) in [5, 5.41) is 2.06. The lowest BCUT2D eigenvalue weighted by Crippen LogP contribution is -2.65. The smallest absolute Gasteiger partial charge is 0.0973 e. The molecule has 21 heavy (non-hydrogen) atoms. The van der Waals surface area contributed by atoms with E-state index in [0.29, 0.717) is 0 Å². The zero-order chi connectivity index (χ0) is 15.9. The Balaban J connectivity index is 2.58. The van der Waals surface area contributed by atoms with E-state index < -0.39 is 0 Å². The van der Waals surface area contributed by atoms with E-state index in [1.54, 1.807) is 0 Å². The molecule has 0 aliphatic carbocycles. The lowest BCUT2D eigenvalue weighted by Gasteiger charge is -2.22. The van der Waals surface area contributed by atoms with Crippen LogP contribution in [0.25, 0.3) is 0 Å². The molecule has 2 rings (SSSR count). The van der Waals surface area contributed by atoms with E-state index in [1.165, 1.54) is 44.6 Å². The van der Waals surface area contributed by atoms with Crippen LogP contribution in [-0.4, -0.2) is 0 Å². The Bertz CT molecular complexity index is 676. The largest absolute Gasteiger partial charge is 0.250 e. The van der Waals surface area contributed by atoms with Crippen LogP contribution in [-0.2, 0) is 0 Å². The van der Waals surface area contributed by atoms with Crippen molar-refractivity contribution in [3.05, 3.63) is 57.1 Å². The molecule has 2 aromatic rings.